The first-order valence-electron chi connectivity index (χ1n) is 3.04. The molecule has 2 heteroatoms. The number of allylic oxidation sites excluding steroid dienone is 1. The van der Waals surface area contributed by atoms with Gasteiger partial charge in [-0.25, -0.2) is 0 Å². The largest absolute Gasteiger partial charge is 0.512 e. The Hall–Kier alpha value is -0.760. The van der Waals surface area contributed by atoms with Gasteiger partial charge in [0.1, 0.15) is 0 Å². The average molecular weight is 125 g/mol. The maximum absolute atomic E-state index is 9.08. The standard InChI is InChI=1S/C7H11NO/c1-5-2-3-6(8)4-7(5)9/h2-6,9H,8H2,1H3. The number of hydrogen-bond acceptors (Lipinski definition) is 2. The van der Waals surface area contributed by atoms with Gasteiger partial charge in [0.2, 0.25) is 0 Å². The average Bonchev–Trinajstić information content (AvgIpc) is 1.80. The van der Waals surface area contributed by atoms with Crippen LogP contribution in [-0.2, 0) is 0 Å². The summed E-state index contributed by atoms with van der Waals surface area (Å²) in [6.45, 7) is 1.92. The molecular weight excluding hydrogens is 114 g/mol. The molecule has 0 heterocycles. The number of aliphatic hydroxyl groups is 1. The molecule has 0 spiro atoms. The first kappa shape index (κ1) is 6.36. The number of nitrogens with two attached hydrogens (primary N) is 1. The molecule has 0 fully saturated rings. The molecule has 1 aliphatic rings. The highest BCUT2D eigenvalue weighted by molar-refractivity contribution is 5.18. The Morgan fingerprint density at radius 3 is 2.67 bits per heavy atom. The SMILES string of the molecule is CC1C=CC(N)C=C1O. The molecule has 0 aromatic rings. The van der Waals surface area contributed by atoms with Crippen molar-refractivity contribution >= 4 is 0 Å². The molecule has 0 aromatic heterocycles. The van der Waals surface area contributed by atoms with Crippen LogP contribution in [0, 0.1) is 5.92 Å². The second-order valence-corrected chi connectivity index (χ2v) is 2.34. The van der Waals surface area contributed by atoms with Gasteiger partial charge in [0.15, 0.2) is 0 Å². The summed E-state index contributed by atoms with van der Waals surface area (Å²) in [6, 6.07) is -0.0961. The smallest absolute Gasteiger partial charge is 0.0967 e. The predicted octanol–water partition coefficient (Wildman–Crippen LogP) is 0.962. The third-order valence-corrected chi connectivity index (χ3v) is 1.45. The van der Waals surface area contributed by atoms with Crippen molar-refractivity contribution in [3.63, 3.8) is 0 Å². The minimum atomic E-state index is -0.0961. The van der Waals surface area contributed by atoms with Crippen molar-refractivity contribution in [2.45, 2.75) is 13.0 Å². The zero-order chi connectivity index (χ0) is 6.85. The van der Waals surface area contributed by atoms with Gasteiger partial charge in [-0.3, -0.25) is 0 Å². The third-order valence-electron chi connectivity index (χ3n) is 1.45. The molecule has 0 amide bonds. The van der Waals surface area contributed by atoms with Crippen molar-refractivity contribution < 1.29 is 5.11 Å². The Balaban J connectivity index is 2.70. The summed E-state index contributed by atoms with van der Waals surface area (Å²) in [6.07, 6.45) is 5.44. The minimum Gasteiger partial charge on any atom is -0.512 e. The van der Waals surface area contributed by atoms with Crippen LogP contribution >= 0.6 is 0 Å². The summed E-state index contributed by atoms with van der Waals surface area (Å²) in [5.41, 5.74) is 5.46. The second-order valence-electron chi connectivity index (χ2n) is 2.34. The molecule has 0 aromatic carbocycles. The van der Waals surface area contributed by atoms with E-state index in [9.17, 15) is 0 Å². The first-order chi connectivity index (χ1) is 4.20. The van der Waals surface area contributed by atoms with Gasteiger partial charge in [0.05, 0.1) is 5.76 Å². The van der Waals surface area contributed by atoms with E-state index in [0.717, 1.165) is 0 Å². The van der Waals surface area contributed by atoms with E-state index in [1.54, 1.807) is 6.08 Å². The molecule has 1 rings (SSSR count). The summed E-state index contributed by atoms with van der Waals surface area (Å²) in [5, 5.41) is 9.08. The highest BCUT2D eigenvalue weighted by atomic mass is 16.3. The normalized spacial score (nSPS) is 34.2. The summed E-state index contributed by atoms with van der Waals surface area (Å²) in [5.74, 6) is 0.523. The molecule has 1 aliphatic carbocycles. The molecule has 2 atom stereocenters. The molecular formula is C7H11NO. The van der Waals surface area contributed by atoms with Crippen molar-refractivity contribution in [2.75, 3.05) is 0 Å². The predicted molar refractivity (Wildman–Crippen MR) is 37.0 cm³/mol. The monoisotopic (exact) mass is 125 g/mol. The van der Waals surface area contributed by atoms with Crippen LogP contribution in [0.2, 0.25) is 0 Å². The lowest BCUT2D eigenvalue weighted by molar-refractivity contribution is 0.358. The number of rotatable bonds is 0. The van der Waals surface area contributed by atoms with Gasteiger partial charge in [0.25, 0.3) is 0 Å². The van der Waals surface area contributed by atoms with Crippen molar-refractivity contribution in [3.8, 4) is 0 Å². The van der Waals surface area contributed by atoms with E-state index in [-0.39, 0.29) is 12.0 Å². The highest BCUT2D eigenvalue weighted by Crippen LogP contribution is 2.13. The van der Waals surface area contributed by atoms with E-state index in [1.165, 1.54) is 0 Å². The lowest BCUT2D eigenvalue weighted by Crippen LogP contribution is -2.18. The molecule has 0 saturated heterocycles. The van der Waals surface area contributed by atoms with Gasteiger partial charge < -0.3 is 10.8 Å². The zero-order valence-corrected chi connectivity index (χ0v) is 5.41. The molecule has 3 N–H and O–H groups in total. The van der Waals surface area contributed by atoms with Crippen LogP contribution in [0.1, 0.15) is 6.92 Å². The van der Waals surface area contributed by atoms with Crippen LogP contribution < -0.4 is 5.73 Å². The molecule has 0 aliphatic heterocycles. The summed E-state index contributed by atoms with van der Waals surface area (Å²) < 4.78 is 0. The Morgan fingerprint density at radius 1 is 1.56 bits per heavy atom. The van der Waals surface area contributed by atoms with Crippen molar-refractivity contribution in [2.24, 2.45) is 11.7 Å². The summed E-state index contributed by atoms with van der Waals surface area (Å²) >= 11 is 0. The molecule has 0 saturated carbocycles. The highest BCUT2D eigenvalue weighted by Gasteiger charge is 2.08. The van der Waals surface area contributed by atoms with Gasteiger partial charge >= 0.3 is 0 Å². The Labute approximate surface area is 54.7 Å². The van der Waals surface area contributed by atoms with E-state index in [1.807, 2.05) is 19.1 Å². The third kappa shape index (κ3) is 1.33. The number of hydrogen-bond donors (Lipinski definition) is 2. The molecule has 2 nitrogen and oxygen atoms in total. The molecule has 2 unspecified atom stereocenters. The van der Waals surface area contributed by atoms with Crippen LogP contribution in [0.15, 0.2) is 24.0 Å². The molecule has 9 heavy (non-hydrogen) atoms. The quantitative estimate of drug-likeness (QED) is 0.474. The number of aliphatic hydroxyl groups excluding tert-OH is 1. The molecule has 50 valence electrons. The van der Waals surface area contributed by atoms with Gasteiger partial charge in [-0.05, 0) is 6.08 Å². The first-order valence-corrected chi connectivity index (χ1v) is 3.04. The van der Waals surface area contributed by atoms with Gasteiger partial charge in [-0.2, -0.15) is 0 Å². The summed E-state index contributed by atoms with van der Waals surface area (Å²) in [4.78, 5) is 0. The minimum absolute atomic E-state index is 0.0961. The van der Waals surface area contributed by atoms with E-state index in [4.69, 9.17) is 10.8 Å². The lowest BCUT2D eigenvalue weighted by atomic mass is 10.0. The molecule has 0 radical (unpaired) electrons. The van der Waals surface area contributed by atoms with Crippen molar-refractivity contribution in [3.05, 3.63) is 24.0 Å². The van der Waals surface area contributed by atoms with Crippen molar-refractivity contribution in [1.82, 2.24) is 0 Å². The maximum atomic E-state index is 9.08. The van der Waals surface area contributed by atoms with E-state index in [2.05, 4.69) is 0 Å². The van der Waals surface area contributed by atoms with E-state index >= 15 is 0 Å². The lowest BCUT2D eigenvalue weighted by Gasteiger charge is -2.12. The fourth-order valence-corrected chi connectivity index (χ4v) is 0.798. The fraction of sp³-hybridized carbons (Fsp3) is 0.429. The second kappa shape index (κ2) is 2.23. The van der Waals surface area contributed by atoms with Gasteiger partial charge in [-0.1, -0.05) is 19.1 Å². The van der Waals surface area contributed by atoms with Gasteiger partial charge in [-0.15, -0.1) is 0 Å². The van der Waals surface area contributed by atoms with Crippen LogP contribution in [0.5, 0.6) is 0 Å². The van der Waals surface area contributed by atoms with Gasteiger partial charge in [0, 0.05) is 12.0 Å². The Kier molecular flexibility index (Phi) is 1.58. The summed E-state index contributed by atoms with van der Waals surface area (Å²) in [7, 11) is 0. The molecule has 0 bridgehead atoms. The van der Waals surface area contributed by atoms with Crippen LogP contribution in [0.25, 0.3) is 0 Å². The topological polar surface area (TPSA) is 46.2 Å². The van der Waals surface area contributed by atoms with Crippen LogP contribution in [0.3, 0.4) is 0 Å². The van der Waals surface area contributed by atoms with Crippen LogP contribution in [-0.4, -0.2) is 11.1 Å². The Bertz CT molecular complexity index is 160. The maximum Gasteiger partial charge on any atom is 0.0967 e. The fourth-order valence-electron chi connectivity index (χ4n) is 0.798. The van der Waals surface area contributed by atoms with E-state index in [0.29, 0.717) is 5.76 Å². The van der Waals surface area contributed by atoms with Crippen molar-refractivity contribution in [1.29, 1.82) is 0 Å². The Morgan fingerprint density at radius 2 is 2.22 bits per heavy atom. The zero-order valence-electron chi connectivity index (χ0n) is 5.41. The van der Waals surface area contributed by atoms with E-state index < -0.39 is 0 Å². The van der Waals surface area contributed by atoms with Crippen LogP contribution in [0.4, 0.5) is 0 Å².